The maximum absolute atomic E-state index is 14.3. The van der Waals surface area contributed by atoms with Gasteiger partial charge in [-0.25, -0.2) is 18.2 Å². The number of hydrogen-bond acceptors (Lipinski definition) is 8. The summed E-state index contributed by atoms with van der Waals surface area (Å²) >= 11 is 0. The molecule has 3 aromatic rings. The van der Waals surface area contributed by atoms with Gasteiger partial charge in [-0.2, -0.15) is 4.72 Å². The summed E-state index contributed by atoms with van der Waals surface area (Å²) in [7, 11) is -2.92. The van der Waals surface area contributed by atoms with Crippen LogP contribution in [0.1, 0.15) is 58.1 Å². The number of hydrogen-bond donors (Lipinski definition) is 3. The second-order valence-electron chi connectivity index (χ2n) is 11.6. The molecule has 0 unspecified atom stereocenters. The number of piperidine rings is 1. The summed E-state index contributed by atoms with van der Waals surface area (Å²) in [5.41, 5.74) is 2.16. The van der Waals surface area contributed by atoms with Crippen molar-refractivity contribution in [3.63, 3.8) is 0 Å². The third kappa shape index (κ3) is 9.49. The lowest BCUT2D eigenvalue weighted by atomic mass is 9.88. The molecule has 254 valence electrons. The lowest BCUT2D eigenvalue weighted by molar-refractivity contribution is -0.158. The van der Waals surface area contributed by atoms with Gasteiger partial charge in [-0.15, -0.1) is 0 Å². The first-order valence-corrected chi connectivity index (χ1v) is 17.6. The van der Waals surface area contributed by atoms with Gasteiger partial charge in [0.15, 0.2) is 0 Å². The summed E-state index contributed by atoms with van der Waals surface area (Å²) < 4.78 is 41.6. The highest BCUT2D eigenvalue weighted by Gasteiger charge is 2.40. The number of esters is 1. The summed E-state index contributed by atoms with van der Waals surface area (Å²) in [4.78, 5) is 48.6. The quantitative estimate of drug-likeness (QED) is 0.191. The lowest BCUT2D eigenvalue weighted by Gasteiger charge is -2.39. The van der Waals surface area contributed by atoms with Gasteiger partial charge in [-0.3, -0.25) is 9.59 Å². The topological polar surface area (TPSA) is 160 Å². The number of benzene rings is 2. The van der Waals surface area contributed by atoms with Crippen LogP contribution in [0.2, 0.25) is 0 Å². The van der Waals surface area contributed by atoms with Crippen molar-refractivity contribution in [1.82, 2.24) is 19.6 Å². The number of rotatable bonds is 16. The van der Waals surface area contributed by atoms with Crippen LogP contribution in [0.3, 0.4) is 0 Å². The number of aromatic amines is 1. The maximum Gasteiger partial charge on any atom is 0.328 e. The highest BCUT2D eigenvalue weighted by atomic mass is 32.2. The predicted octanol–water partition coefficient (Wildman–Crippen LogP) is 4.30. The van der Waals surface area contributed by atoms with E-state index in [1.165, 1.54) is 18.1 Å². The van der Waals surface area contributed by atoms with Crippen LogP contribution in [-0.4, -0.2) is 80.0 Å². The van der Waals surface area contributed by atoms with E-state index in [4.69, 9.17) is 9.47 Å². The van der Waals surface area contributed by atoms with Crippen LogP contribution >= 0.6 is 0 Å². The Bertz CT molecular complexity index is 1580. The van der Waals surface area contributed by atoms with Crippen LogP contribution in [0.15, 0.2) is 66.0 Å². The molecule has 3 atom stereocenters. The summed E-state index contributed by atoms with van der Waals surface area (Å²) in [6.45, 7) is 4.40. The van der Waals surface area contributed by atoms with Gasteiger partial charge in [-0.1, -0.05) is 55.8 Å². The van der Waals surface area contributed by atoms with Crippen LogP contribution in [0.4, 0.5) is 5.69 Å². The van der Waals surface area contributed by atoms with E-state index in [0.29, 0.717) is 43.4 Å². The molecule has 3 N–H and O–H groups in total. The molecule has 2 amide bonds. The number of sulfonamides is 1. The van der Waals surface area contributed by atoms with Crippen molar-refractivity contribution in [3.8, 4) is 11.1 Å². The zero-order chi connectivity index (χ0) is 33.8. The Labute approximate surface area is 276 Å². The minimum Gasteiger partial charge on any atom is -0.464 e. The van der Waals surface area contributed by atoms with Gasteiger partial charge in [0.2, 0.25) is 21.8 Å². The number of nitrogens with one attached hydrogen (secondary N) is 3. The molecule has 2 heterocycles. The van der Waals surface area contributed by atoms with Gasteiger partial charge < -0.3 is 24.7 Å². The van der Waals surface area contributed by atoms with E-state index in [1.54, 1.807) is 31.6 Å². The fraction of sp³-hybridized carbons (Fsp3) is 0.471. The van der Waals surface area contributed by atoms with Gasteiger partial charge in [0, 0.05) is 31.1 Å². The molecule has 47 heavy (non-hydrogen) atoms. The van der Waals surface area contributed by atoms with Gasteiger partial charge in [-0.05, 0) is 56.6 Å². The van der Waals surface area contributed by atoms with Crippen molar-refractivity contribution in [2.45, 2.75) is 75.8 Å². The number of imidazole rings is 1. The standard InChI is InChI=1S/C34H45N5O7S/c1-4-24-17-19-39(29(21-24)34(42)46-5-2)33(41)28(15-9-13-26-22-35-23-36-26)38-47(43,44)30-16-10-14-27(25-11-7-6-8-12-25)32(30)37-31(40)18-20-45-3/h6-8,10-12,14,16,22-24,28-29,38H,4-5,9,13,15,17-21H2,1-3H3,(H,35,36)(H,37,40)/t24-,28+,29-/m1/s1. The third-order valence-electron chi connectivity index (χ3n) is 8.42. The van der Waals surface area contributed by atoms with Crippen molar-refractivity contribution >= 4 is 33.5 Å². The third-order valence-corrected chi connectivity index (χ3v) is 9.93. The largest absolute Gasteiger partial charge is 0.464 e. The molecular formula is C34H45N5O7S. The summed E-state index contributed by atoms with van der Waals surface area (Å²) in [6, 6.07) is 11.9. The van der Waals surface area contributed by atoms with E-state index in [-0.39, 0.29) is 42.6 Å². The summed E-state index contributed by atoms with van der Waals surface area (Å²) in [5.74, 6) is -1.16. The number of aromatic nitrogens is 2. The molecule has 0 radical (unpaired) electrons. The van der Waals surface area contributed by atoms with Crippen molar-refractivity contribution in [3.05, 3.63) is 66.7 Å². The van der Waals surface area contributed by atoms with Crippen molar-refractivity contribution < 1.29 is 32.3 Å². The first-order chi connectivity index (χ1) is 22.7. The van der Waals surface area contributed by atoms with E-state index in [1.807, 2.05) is 37.3 Å². The van der Waals surface area contributed by atoms with Crippen LogP contribution in [0.25, 0.3) is 11.1 Å². The summed E-state index contributed by atoms with van der Waals surface area (Å²) in [6.07, 6.45) is 6.42. The molecule has 1 saturated heterocycles. The SMILES string of the molecule is CCOC(=O)[C@H]1C[C@H](CC)CCN1C(=O)[C@H](CCCc1cnc[nH]1)NS(=O)(=O)c1cccc(-c2ccccc2)c1NC(=O)CCOC. The molecule has 2 aromatic carbocycles. The van der Waals surface area contributed by atoms with E-state index in [9.17, 15) is 22.8 Å². The second-order valence-corrected chi connectivity index (χ2v) is 13.3. The highest BCUT2D eigenvalue weighted by molar-refractivity contribution is 7.89. The number of aryl methyl sites for hydroxylation is 1. The minimum absolute atomic E-state index is 0.0181. The average Bonchev–Trinajstić information content (AvgIpc) is 3.60. The van der Waals surface area contributed by atoms with Crippen LogP contribution < -0.4 is 10.0 Å². The minimum atomic E-state index is -4.40. The number of ether oxygens (including phenoxy) is 2. The van der Waals surface area contributed by atoms with Crippen LogP contribution in [-0.2, 0) is 40.3 Å². The number of carbonyl (C=O) groups is 3. The lowest BCUT2D eigenvalue weighted by Crippen LogP contribution is -2.57. The Morgan fingerprint density at radius 2 is 1.89 bits per heavy atom. The number of carbonyl (C=O) groups excluding carboxylic acids is 3. The van der Waals surface area contributed by atoms with E-state index >= 15 is 0 Å². The van der Waals surface area contributed by atoms with Crippen molar-refractivity contribution in [1.29, 1.82) is 0 Å². The maximum atomic E-state index is 14.3. The molecule has 1 aliphatic heterocycles. The fourth-order valence-corrected chi connectivity index (χ4v) is 7.28. The normalized spacial score (nSPS) is 17.2. The Kier molecular flexibility index (Phi) is 13.1. The predicted molar refractivity (Wildman–Crippen MR) is 178 cm³/mol. The molecule has 1 aliphatic rings. The number of nitrogens with zero attached hydrogens (tertiary/aromatic N) is 2. The summed E-state index contributed by atoms with van der Waals surface area (Å²) in [5, 5.41) is 2.79. The molecule has 0 aliphatic carbocycles. The molecule has 1 aromatic heterocycles. The Morgan fingerprint density at radius 3 is 2.57 bits per heavy atom. The second kappa shape index (κ2) is 17.2. The van der Waals surface area contributed by atoms with E-state index in [0.717, 1.165) is 12.1 Å². The van der Waals surface area contributed by atoms with Gasteiger partial charge in [0.05, 0.1) is 31.6 Å². The number of amides is 2. The molecule has 12 nitrogen and oxygen atoms in total. The molecular weight excluding hydrogens is 622 g/mol. The van der Waals surface area contributed by atoms with Gasteiger partial charge in [0.25, 0.3) is 0 Å². The Balaban J connectivity index is 1.70. The smallest absolute Gasteiger partial charge is 0.328 e. The zero-order valence-corrected chi connectivity index (χ0v) is 28.1. The number of methoxy groups -OCH3 is 1. The molecule has 0 spiro atoms. The van der Waals surface area contributed by atoms with Crippen molar-refractivity contribution in [2.75, 3.05) is 32.2 Å². The first-order valence-electron chi connectivity index (χ1n) is 16.1. The number of H-pyrrole nitrogens is 1. The van der Waals surface area contributed by atoms with Crippen LogP contribution in [0.5, 0.6) is 0 Å². The van der Waals surface area contributed by atoms with E-state index < -0.39 is 39.9 Å². The average molecular weight is 668 g/mol. The number of anilines is 1. The molecule has 13 heteroatoms. The zero-order valence-electron chi connectivity index (χ0n) is 27.2. The first kappa shape index (κ1) is 35.8. The number of para-hydroxylation sites is 1. The van der Waals surface area contributed by atoms with Gasteiger partial charge in [0.1, 0.15) is 17.0 Å². The number of likely N-dealkylation sites (tertiary alicyclic amines) is 1. The van der Waals surface area contributed by atoms with Crippen molar-refractivity contribution in [2.24, 2.45) is 5.92 Å². The Hall–Kier alpha value is -4.07. The molecule has 0 saturated carbocycles. The monoisotopic (exact) mass is 667 g/mol. The molecule has 1 fully saturated rings. The van der Waals surface area contributed by atoms with E-state index in [2.05, 4.69) is 20.0 Å². The molecule has 4 rings (SSSR count). The Morgan fingerprint density at radius 1 is 1.11 bits per heavy atom. The highest BCUT2D eigenvalue weighted by Crippen LogP contribution is 2.34. The van der Waals surface area contributed by atoms with Crippen LogP contribution in [0, 0.1) is 5.92 Å². The van der Waals surface area contributed by atoms with Gasteiger partial charge >= 0.3 is 5.97 Å². The molecule has 0 bridgehead atoms. The fourth-order valence-electron chi connectivity index (χ4n) is 5.88.